The highest BCUT2D eigenvalue weighted by molar-refractivity contribution is 7.91. The third kappa shape index (κ3) is 2.89. The maximum absolute atomic E-state index is 12.8. The molecule has 1 aliphatic heterocycles. The van der Waals surface area contributed by atoms with E-state index in [0.29, 0.717) is 11.1 Å². The van der Waals surface area contributed by atoms with E-state index in [0.717, 1.165) is 0 Å². The molecule has 8 nitrogen and oxygen atoms in total. The topological polar surface area (TPSA) is 107 Å². The van der Waals surface area contributed by atoms with Crippen LogP contribution in [0.4, 0.5) is 0 Å². The molecule has 0 amide bonds. The SMILES string of the molecule is Cn1c(=O)oc2ccc(S(=O)(=O)N3CCC(S(C)(=O)=O)CC3)cc21. The van der Waals surface area contributed by atoms with E-state index in [1.54, 1.807) is 0 Å². The van der Waals surface area contributed by atoms with Gasteiger partial charge >= 0.3 is 5.76 Å². The van der Waals surface area contributed by atoms with Gasteiger partial charge in [0.15, 0.2) is 5.58 Å². The van der Waals surface area contributed by atoms with Crippen LogP contribution in [0.25, 0.3) is 11.1 Å². The zero-order chi connectivity index (χ0) is 17.7. The molecule has 132 valence electrons. The smallest absolute Gasteiger partial charge is 0.408 e. The van der Waals surface area contributed by atoms with Gasteiger partial charge in [-0.1, -0.05) is 0 Å². The van der Waals surface area contributed by atoms with Crippen molar-refractivity contribution in [1.29, 1.82) is 0 Å². The Kier molecular flexibility index (Phi) is 4.09. The Morgan fingerprint density at radius 2 is 1.75 bits per heavy atom. The van der Waals surface area contributed by atoms with E-state index in [-0.39, 0.29) is 30.8 Å². The van der Waals surface area contributed by atoms with Crippen LogP contribution in [0.3, 0.4) is 0 Å². The Hall–Kier alpha value is -1.65. The maximum atomic E-state index is 12.8. The summed E-state index contributed by atoms with van der Waals surface area (Å²) in [4.78, 5) is 11.6. The van der Waals surface area contributed by atoms with Crippen molar-refractivity contribution in [3.63, 3.8) is 0 Å². The van der Waals surface area contributed by atoms with Crippen molar-refractivity contribution in [3.8, 4) is 0 Å². The molecule has 0 radical (unpaired) electrons. The van der Waals surface area contributed by atoms with Gasteiger partial charge in [-0.15, -0.1) is 0 Å². The fourth-order valence-electron chi connectivity index (χ4n) is 2.92. The minimum Gasteiger partial charge on any atom is -0.408 e. The molecule has 0 N–H and O–H groups in total. The van der Waals surface area contributed by atoms with Crippen molar-refractivity contribution in [3.05, 3.63) is 28.7 Å². The van der Waals surface area contributed by atoms with Gasteiger partial charge in [-0.05, 0) is 31.0 Å². The fraction of sp³-hybridized carbons (Fsp3) is 0.500. The number of nitrogens with zero attached hydrogens (tertiary/aromatic N) is 2. The summed E-state index contributed by atoms with van der Waals surface area (Å²) in [6.07, 6.45) is 1.74. The number of aromatic nitrogens is 1. The second-order valence-electron chi connectivity index (χ2n) is 5.99. The van der Waals surface area contributed by atoms with E-state index < -0.39 is 30.9 Å². The summed E-state index contributed by atoms with van der Waals surface area (Å²) in [5, 5.41) is -0.499. The van der Waals surface area contributed by atoms with E-state index in [1.165, 1.54) is 40.4 Å². The van der Waals surface area contributed by atoms with E-state index in [1.807, 2.05) is 0 Å². The zero-order valence-corrected chi connectivity index (χ0v) is 14.9. The molecule has 1 aliphatic rings. The first-order valence-corrected chi connectivity index (χ1v) is 10.8. The third-order valence-corrected chi connectivity index (χ3v) is 7.98. The van der Waals surface area contributed by atoms with Gasteiger partial charge in [0.05, 0.1) is 15.7 Å². The normalized spacial score (nSPS) is 18.2. The average Bonchev–Trinajstić information content (AvgIpc) is 2.81. The lowest BCUT2D eigenvalue weighted by molar-refractivity contribution is 0.346. The Labute approximate surface area is 139 Å². The monoisotopic (exact) mass is 374 g/mol. The molecule has 2 heterocycles. The summed E-state index contributed by atoms with van der Waals surface area (Å²) < 4.78 is 56.2. The first-order chi connectivity index (χ1) is 11.1. The third-order valence-electron chi connectivity index (χ3n) is 4.41. The fourth-order valence-corrected chi connectivity index (χ4v) is 5.47. The number of hydrogen-bond donors (Lipinski definition) is 0. The highest BCUT2D eigenvalue weighted by Gasteiger charge is 2.33. The largest absolute Gasteiger partial charge is 0.419 e. The molecule has 0 saturated carbocycles. The number of oxazole rings is 1. The number of rotatable bonds is 3. The summed E-state index contributed by atoms with van der Waals surface area (Å²) in [5.74, 6) is -0.562. The highest BCUT2D eigenvalue weighted by atomic mass is 32.2. The number of benzene rings is 1. The standard InChI is InChI=1S/C14H18N2O6S2/c1-15-12-9-11(3-4-13(12)22-14(15)17)24(20,21)16-7-5-10(6-8-16)23(2,18)19/h3-4,9-10H,5-8H2,1-2H3. The number of hydrogen-bond acceptors (Lipinski definition) is 6. The van der Waals surface area contributed by atoms with Gasteiger partial charge in [-0.25, -0.2) is 21.6 Å². The van der Waals surface area contributed by atoms with E-state index in [2.05, 4.69) is 0 Å². The molecule has 1 fully saturated rings. The van der Waals surface area contributed by atoms with Gasteiger partial charge in [0.2, 0.25) is 10.0 Å². The van der Waals surface area contributed by atoms with Gasteiger partial charge in [-0.2, -0.15) is 4.31 Å². The second-order valence-corrected chi connectivity index (χ2v) is 10.3. The van der Waals surface area contributed by atoms with Crippen LogP contribution >= 0.6 is 0 Å². The maximum Gasteiger partial charge on any atom is 0.419 e. The predicted molar refractivity (Wildman–Crippen MR) is 88.1 cm³/mol. The van der Waals surface area contributed by atoms with Crippen LogP contribution in [0.5, 0.6) is 0 Å². The van der Waals surface area contributed by atoms with Crippen molar-refractivity contribution >= 4 is 31.0 Å². The Morgan fingerprint density at radius 1 is 1.12 bits per heavy atom. The lowest BCUT2D eigenvalue weighted by Gasteiger charge is -2.30. The molecule has 10 heteroatoms. The number of sulfonamides is 1. The summed E-state index contributed by atoms with van der Waals surface area (Å²) in [6.45, 7) is 0.310. The first-order valence-electron chi connectivity index (χ1n) is 7.39. The molecular formula is C14H18N2O6S2. The molecule has 0 bridgehead atoms. The molecule has 1 aromatic heterocycles. The number of sulfone groups is 1. The summed E-state index contributed by atoms with van der Waals surface area (Å²) >= 11 is 0. The Bertz CT molecular complexity index is 1040. The van der Waals surface area contributed by atoms with Crippen LogP contribution in [0.2, 0.25) is 0 Å². The van der Waals surface area contributed by atoms with Crippen LogP contribution in [0, 0.1) is 0 Å². The molecule has 0 unspecified atom stereocenters. The summed E-state index contributed by atoms with van der Waals surface area (Å²) in [6, 6.07) is 4.24. The first kappa shape index (κ1) is 17.2. The lowest BCUT2D eigenvalue weighted by atomic mass is 10.2. The molecule has 1 saturated heterocycles. The van der Waals surface area contributed by atoms with E-state index >= 15 is 0 Å². The molecule has 2 aromatic rings. The van der Waals surface area contributed by atoms with Crippen molar-refractivity contribution < 1.29 is 21.3 Å². The van der Waals surface area contributed by atoms with Crippen LogP contribution in [0.1, 0.15) is 12.8 Å². The number of fused-ring (bicyclic) bond motifs is 1. The van der Waals surface area contributed by atoms with Crippen LogP contribution in [-0.4, -0.2) is 50.3 Å². The van der Waals surface area contributed by atoms with Gasteiger partial charge < -0.3 is 4.42 Å². The molecular weight excluding hydrogens is 356 g/mol. The van der Waals surface area contributed by atoms with Gasteiger partial charge in [0.1, 0.15) is 9.84 Å². The second kappa shape index (κ2) is 5.71. The van der Waals surface area contributed by atoms with Crippen molar-refractivity contribution in [2.75, 3.05) is 19.3 Å². The molecule has 24 heavy (non-hydrogen) atoms. The Balaban J connectivity index is 1.91. The average molecular weight is 374 g/mol. The molecule has 1 aromatic carbocycles. The van der Waals surface area contributed by atoms with Crippen LogP contribution in [0.15, 0.2) is 32.3 Å². The van der Waals surface area contributed by atoms with Crippen molar-refractivity contribution in [1.82, 2.24) is 8.87 Å². The van der Waals surface area contributed by atoms with Crippen molar-refractivity contribution in [2.24, 2.45) is 7.05 Å². The van der Waals surface area contributed by atoms with Gasteiger partial charge in [0, 0.05) is 26.4 Å². The lowest BCUT2D eigenvalue weighted by Crippen LogP contribution is -2.42. The van der Waals surface area contributed by atoms with Gasteiger partial charge in [0.25, 0.3) is 0 Å². The molecule has 3 rings (SSSR count). The molecule has 0 atom stereocenters. The van der Waals surface area contributed by atoms with E-state index in [9.17, 15) is 21.6 Å². The summed E-state index contributed by atoms with van der Waals surface area (Å²) in [7, 11) is -5.41. The van der Waals surface area contributed by atoms with E-state index in [4.69, 9.17) is 4.42 Å². The minimum atomic E-state index is -3.75. The van der Waals surface area contributed by atoms with Gasteiger partial charge in [-0.3, -0.25) is 4.57 Å². The number of aryl methyl sites for hydroxylation is 1. The number of piperidine rings is 1. The van der Waals surface area contributed by atoms with Crippen LogP contribution in [-0.2, 0) is 26.9 Å². The highest BCUT2D eigenvalue weighted by Crippen LogP contribution is 2.25. The summed E-state index contributed by atoms with van der Waals surface area (Å²) in [5.41, 5.74) is 0.712. The predicted octanol–water partition coefficient (Wildman–Crippen LogP) is 0.329. The molecule has 0 spiro atoms. The quantitative estimate of drug-likeness (QED) is 0.766. The zero-order valence-electron chi connectivity index (χ0n) is 13.3. The minimum absolute atomic E-state index is 0.0594. The molecule has 0 aliphatic carbocycles. The Morgan fingerprint density at radius 3 is 2.33 bits per heavy atom. The van der Waals surface area contributed by atoms with Crippen molar-refractivity contribution in [2.45, 2.75) is 23.0 Å². The van der Waals surface area contributed by atoms with Crippen LogP contribution < -0.4 is 5.76 Å².